The highest BCUT2D eigenvalue weighted by Gasteiger charge is 2.35. The molecule has 24 heavy (non-hydrogen) atoms. The van der Waals surface area contributed by atoms with Gasteiger partial charge in [0.25, 0.3) is 11.8 Å². The fraction of sp³-hybridized carbons (Fsp3) is 0.600. The number of rotatable bonds is 5. The van der Waals surface area contributed by atoms with Crippen LogP contribution in [0.1, 0.15) is 78.7 Å². The summed E-state index contributed by atoms with van der Waals surface area (Å²) in [5.41, 5.74) is 2.17. The number of amides is 2. The highest BCUT2D eigenvalue weighted by Crippen LogP contribution is 2.32. The van der Waals surface area contributed by atoms with Crippen LogP contribution >= 0.6 is 0 Å². The van der Waals surface area contributed by atoms with E-state index in [2.05, 4.69) is 19.2 Å². The molecule has 0 saturated heterocycles. The Hall–Kier alpha value is -1.84. The maximum Gasteiger partial charge on any atom is 0.255 e. The standard InChI is InChI=1S/C20H28N2O2/c1-14(2)11-12-21-19(23)17-10-6-7-15-13-22(20(24)18(15)17)16-8-4-3-5-9-16/h6-7,10,14,16H,3-5,8-9,11-13H2,1-2H3,(H,21,23). The highest BCUT2D eigenvalue weighted by atomic mass is 16.2. The molecule has 0 unspecified atom stereocenters. The Morgan fingerprint density at radius 3 is 2.71 bits per heavy atom. The Labute approximate surface area is 144 Å². The van der Waals surface area contributed by atoms with Gasteiger partial charge in [-0.3, -0.25) is 9.59 Å². The molecule has 4 heteroatoms. The van der Waals surface area contributed by atoms with Crippen LogP contribution < -0.4 is 5.32 Å². The summed E-state index contributed by atoms with van der Waals surface area (Å²) in [5, 5.41) is 2.97. The summed E-state index contributed by atoms with van der Waals surface area (Å²) in [7, 11) is 0. The van der Waals surface area contributed by atoms with Gasteiger partial charge in [-0.25, -0.2) is 0 Å². The predicted molar refractivity (Wildman–Crippen MR) is 95.0 cm³/mol. The Bertz CT molecular complexity index is 618. The number of hydrogen-bond acceptors (Lipinski definition) is 2. The molecule has 1 aliphatic carbocycles. The lowest BCUT2D eigenvalue weighted by atomic mass is 9.94. The van der Waals surface area contributed by atoms with E-state index < -0.39 is 0 Å². The smallest absolute Gasteiger partial charge is 0.255 e. The Morgan fingerprint density at radius 1 is 1.25 bits per heavy atom. The first-order valence-corrected chi connectivity index (χ1v) is 9.29. The molecule has 1 heterocycles. The van der Waals surface area contributed by atoms with Crippen molar-refractivity contribution in [3.63, 3.8) is 0 Å². The number of carbonyl (C=O) groups is 2. The molecule has 0 bridgehead atoms. The zero-order chi connectivity index (χ0) is 17.1. The topological polar surface area (TPSA) is 49.4 Å². The van der Waals surface area contributed by atoms with Crippen molar-refractivity contribution in [3.05, 3.63) is 34.9 Å². The highest BCUT2D eigenvalue weighted by molar-refractivity contribution is 6.09. The summed E-state index contributed by atoms with van der Waals surface area (Å²) >= 11 is 0. The normalized spacial score (nSPS) is 18.1. The Balaban J connectivity index is 1.75. The largest absolute Gasteiger partial charge is 0.352 e. The second-order valence-corrected chi connectivity index (χ2v) is 7.50. The van der Waals surface area contributed by atoms with Crippen molar-refractivity contribution >= 4 is 11.8 Å². The SMILES string of the molecule is CC(C)CCNC(=O)c1cccc2c1C(=O)N(C1CCCCC1)C2. The van der Waals surface area contributed by atoms with Gasteiger partial charge in [-0.05, 0) is 36.8 Å². The Morgan fingerprint density at radius 2 is 2.00 bits per heavy atom. The van der Waals surface area contributed by atoms with Crippen molar-refractivity contribution < 1.29 is 9.59 Å². The average molecular weight is 328 g/mol. The van der Waals surface area contributed by atoms with Crippen molar-refractivity contribution in [3.8, 4) is 0 Å². The van der Waals surface area contributed by atoms with E-state index in [1.807, 2.05) is 17.0 Å². The summed E-state index contributed by atoms with van der Waals surface area (Å²) in [4.78, 5) is 27.5. The molecule has 1 aromatic rings. The third kappa shape index (κ3) is 3.47. The van der Waals surface area contributed by atoms with Crippen LogP contribution in [0.3, 0.4) is 0 Å². The van der Waals surface area contributed by atoms with Crippen LogP contribution in [0.15, 0.2) is 18.2 Å². The lowest BCUT2D eigenvalue weighted by molar-refractivity contribution is 0.0656. The van der Waals surface area contributed by atoms with Crippen LogP contribution in [0.5, 0.6) is 0 Å². The lowest BCUT2D eigenvalue weighted by Gasteiger charge is -2.30. The zero-order valence-electron chi connectivity index (χ0n) is 14.8. The number of benzene rings is 1. The molecule has 2 amide bonds. The van der Waals surface area contributed by atoms with Gasteiger partial charge in [-0.2, -0.15) is 0 Å². The lowest BCUT2D eigenvalue weighted by Crippen LogP contribution is -2.37. The number of nitrogens with zero attached hydrogens (tertiary/aromatic N) is 1. The van der Waals surface area contributed by atoms with E-state index >= 15 is 0 Å². The molecule has 0 atom stereocenters. The summed E-state index contributed by atoms with van der Waals surface area (Å²) in [6, 6.07) is 6.01. The van der Waals surface area contributed by atoms with Gasteiger partial charge < -0.3 is 10.2 Å². The van der Waals surface area contributed by atoms with E-state index in [0.717, 1.165) is 24.8 Å². The number of fused-ring (bicyclic) bond motifs is 1. The number of carbonyl (C=O) groups excluding carboxylic acids is 2. The van der Waals surface area contributed by atoms with E-state index in [9.17, 15) is 9.59 Å². The van der Waals surface area contributed by atoms with Crippen LogP contribution in [0.2, 0.25) is 0 Å². The van der Waals surface area contributed by atoms with Gasteiger partial charge in [0.2, 0.25) is 0 Å². The molecule has 2 aliphatic rings. The van der Waals surface area contributed by atoms with Gasteiger partial charge in [0.1, 0.15) is 0 Å². The molecule has 1 saturated carbocycles. The molecular weight excluding hydrogens is 300 g/mol. The van der Waals surface area contributed by atoms with Gasteiger partial charge >= 0.3 is 0 Å². The molecule has 0 radical (unpaired) electrons. The molecule has 3 rings (SSSR count). The third-order valence-electron chi connectivity index (χ3n) is 5.23. The maximum absolute atomic E-state index is 12.9. The minimum Gasteiger partial charge on any atom is -0.352 e. The van der Waals surface area contributed by atoms with E-state index in [4.69, 9.17) is 0 Å². The predicted octanol–water partition coefficient (Wildman–Crippen LogP) is 3.75. The quantitative estimate of drug-likeness (QED) is 0.895. The molecule has 0 spiro atoms. The van der Waals surface area contributed by atoms with Crippen molar-refractivity contribution in [1.82, 2.24) is 10.2 Å². The number of hydrogen-bond donors (Lipinski definition) is 1. The summed E-state index contributed by atoms with van der Waals surface area (Å²) < 4.78 is 0. The van der Waals surface area contributed by atoms with Gasteiger partial charge in [0.05, 0.1) is 11.1 Å². The minimum atomic E-state index is -0.119. The second kappa shape index (κ2) is 7.37. The van der Waals surface area contributed by atoms with Crippen LogP contribution in [-0.2, 0) is 6.54 Å². The first-order chi connectivity index (χ1) is 11.6. The van der Waals surface area contributed by atoms with E-state index in [0.29, 0.717) is 36.2 Å². The van der Waals surface area contributed by atoms with E-state index in [1.54, 1.807) is 6.07 Å². The molecule has 1 fully saturated rings. The molecule has 1 aliphatic heterocycles. The summed E-state index contributed by atoms with van der Waals surface area (Å²) in [5.74, 6) is 0.480. The van der Waals surface area contributed by atoms with Gasteiger partial charge in [0.15, 0.2) is 0 Å². The van der Waals surface area contributed by atoms with E-state index in [1.165, 1.54) is 19.3 Å². The molecule has 1 aromatic carbocycles. The fourth-order valence-electron chi connectivity index (χ4n) is 3.83. The molecular formula is C20H28N2O2. The zero-order valence-corrected chi connectivity index (χ0v) is 14.8. The number of nitrogens with one attached hydrogen (secondary N) is 1. The average Bonchev–Trinajstić information content (AvgIpc) is 2.92. The van der Waals surface area contributed by atoms with Crippen LogP contribution in [0.4, 0.5) is 0 Å². The van der Waals surface area contributed by atoms with Crippen molar-refractivity contribution in [2.45, 2.75) is 65.0 Å². The van der Waals surface area contributed by atoms with Crippen LogP contribution in [0, 0.1) is 5.92 Å². The minimum absolute atomic E-state index is 0.0477. The second-order valence-electron chi connectivity index (χ2n) is 7.50. The molecule has 1 N–H and O–H groups in total. The monoisotopic (exact) mass is 328 g/mol. The summed E-state index contributed by atoms with van der Waals surface area (Å²) in [6.07, 6.45) is 6.81. The molecule has 4 nitrogen and oxygen atoms in total. The van der Waals surface area contributed by atoms with Gasteiger partial charge in [0, 0.05) is 19.1 Å². The van der Waals surface area contributed by atoms with Crippen molar-refractivity contribution in [2.24, 2.45) is 5.92 Å². The van der Waals surface area contributed by atoms with Gasteiger partial charge in [-0.15, -0.1) is 0 Å². The third-order valence-corrected chi connectivity index (χ3v) is 5.23. The molecule has 130 valence electrons. The van der Waals surface area contributed by atoms with Crippen LogP contribution in [-0.4, -0.2) is 29.3 Å². The van der Waals surface area contributed by atoms with E-state index in [-0.39, 0.29) is 11.8 Å². The molecule has 0 aromatic heterocycles. The first kappa shape index (κ1) is 17.0. The first-order valence-electron chi connectivity index (χ1n) is 9.29. The van der Waals surface area contributed by atoms with Crippen LogP contribution in [0.25, 0.3) is 0 Å². The fourth-order valence-corrected chi connectivity index (χ4v) is 3.83. The maximum atomic E-state index is 12.9. The van der Waals surface area contributed by atoms with Crippen molar-refractivity contribution in [1.29, 1.82) is 0 Å². The van der Waals surface area contributed by atoms with Gasteiger partial charge in [-0.1, -0.05) is 45.2 Å². The van der Waals surface area contributed by atoms with Crippen molar-refractivity contribution in [2.75, 3.05) is 6.54 Å². The Kier molecular flexibility index (Phi) is 5.22. The summed E-state index contributed by atoms with van der Waals surface area (Å²) in [6.45, 7) is 5.59.